The monoisotopic (exact) mass is 687 g/mol. The van der Waals surface area contributed by atoms with E-state index in [9.17, 15) is 18.8 Å². The van der Waals surface area contributed by atoms with Crippen LogP contribution in [0.4, 0.5) is 4.39 Å². The molecule has 6 N–H and O–H groups in total. The number of hydrogen-bond acceptors (Lipinski definition) is 5. The molecule has 0 radical (unpaired) electrons. The van der Waals surface area contributed by atoms with Gasteiger partial charge in [-0.1, -0.05) is 60.7 Å². The zero-order valence-corrected chi connectivity index (χ0v) is 28.5. The van der Waals surface area contributed by atoms with E-state index in [1.807, 2.05) is 67.6 Å². The molecule has 1 aromatic heterocycles. The Bertz CT molecular complexity index is 1960. The number of carbonyl (C=O) groups excluding carboxylic acids is 3. The van der Waals surface area contributed by atoms with Crippen LogP contribution in [0.25, 0.3) is 10.8 Å². The Morgan fingerprint density at radius 3 is 2.27 bits per heavy atom. The maximum Gasteiger partial charge on any atom is 0.254 e. The molecule has 0 aliphatic heterocycles. The second-order valence-corrected chi connectivity index (χ2v) is 12.3. The highest BCUT2D eigenvalue weighted by Crippen LogP contribution is 2.24. The fourth-order valence-electron chi connectivity index (χ4n) is 5.84. The highest BCUT2D eigenvalue weighted by molar-refractivity contribution is 5.98. The number of guanidine groups is 1. The van der Waals surface area contributed by atoms with Crippen LogP contribution < -0.4 is 22.1 Å². The van der Waals surface area contributed by atoms with Crippen LogP contribution in [0.1, 0.15) is 63.3 Å². The van der Waals surface area contributed by atoms with Gasteiger partial charge in [0, 0.05) is 49.1 Å². The Hall–Kier alpha value is -6.10. The molecule has 1 heterocycles. The summed E-state index contributed by atoms with van der Waals surface area (Å²) >= 11 is 0. The number of rotatable bonds is 15. The first-order valence-electron chi connectivity index (χ1n) is 16.9. The van der Waals surface area contributed by atoms with E-state index in [0.29, 0.717) is 43.5 Å². The minimum absolute atomic E-state index is 0.0423. The van der Waals surface area contributed by atoms with Gasteiger partial charge in [0.2, 0.25) is 5.91 Å². The first-order valence-corrected chi connectivity index (χ1v) is 16.9. The Labute approximate surface area is 296 Å². The third-order valence-electron chi connectivity index (χ3n) is 8.55. The normalized spacial score (nSPS) is 12.0. The molecule has 0 bridgehead atoms. The Morgan fingerprint density at radius 1 is 0.843 bits per heavy atom. The van der Waals surface area contributed by atoms with Crippen LogP contribution in [0.5, 0.6) is 0 Å². The smallest absolute Gasteiger partial charge is 0.254 e. The number of hydrogen-bond donors (Lipinski definition) is 4. The van der Waals surface area contributed by atoms with Gasteiger partial charge in [-0.3, -0.25) is 24.4 Å². The second kappa shape index (κ2) is 17.5. The number of halogens is 1. The lowest BCUT2D eigenvalue weighted by Gasteiger charge is -2.23. The standard InChI is InChI=1S/C40H42FN7O3/c1-27(34-12-6-9-29-8-2-3-11-35(29)34)46-38(50)36(13-7-24-45-40(42)43)47-37(49)30-16-14-28(15-17-30)26-48(25-22-33-10-4-5-23-44-33)39(51)31-18-20-32(41)21-19-31/h2-6,8-12,14-21,23,27,36H,7,13,22,24-26H2,1H3,(H,46,50)(H,47,49)(H4,42,43,45)/t27-,36-/m0/s1. The van der Waals surface area contributed by atoms with Crippen LogP contribution in [0.3, 0.4) is 0 Å². The summed E-state index contributed by atoms with van der Waals surface area (Å²) in [6, 6.07) is 30.7. The minimum atomic E-state index is -0.848. The molecule has 0 fully saturated rings. The number of aromatic nitrogens is 1. The second-order valence-electron chi connectivity index (χ2n) is 12.3. The number of pyridine rings is 1. The van der Waals surface area contributed by atoms with Crippen molar-refractivity contribution in [1.82, 2.24) is 20.5 Å². The van der Waals surface area contributed by atoms with Gasteiger partial charge in [0.25, 0.3) is 11.8 Å². The molecule has 0 spiro atoms. The summed E-state index contributed by atoms with van der Waals surface area (Å²) in [5.41, 5.74) is 14.3. The Kier molecular flexibility index (Phi) is 12.4. The van der Waals surface area contributed by atoms with Gasteiger partial charge in [0.15, 0.2) is 5.96 Å². The van der Waals surface area contributed by atoms with E-state index in [1.165, 1.54) is 24.3 Å². The van der Waals surface area contributed by atoms with Gasteiger partial charge in [-0.05, 0) is 90.2 Å². The summed E-state index contributed by atoms with van der Waals surface area (Å²) in [6.45, 7) is 2.86. The summed E-state index contributed by atoms with van der Waals surface area (Å²) in [6.07, 6.45) is 3.01. The summed E-state index contributed by atoms with van der Waals surface area (Å²) in [5, 5.41) is 8.07. The average molecular weight is 688 g/mol. The van der Waals surface area contributed by atoms with Gasteiger partial charge < -0.3 is 27.0 Å². The number of nitrogens with one attached hydrogen (secondary N) is 2. The van der Waals surface area contributed by atoms with Crippen LogP contribution in [0.15, 0.2) is 120 Å². The molecule has 5 rings (SSSR count). The molecular weight excluding hydrogens is 645 g/mol. The summed E-state index contributed by atoms with van der Waals surface area (Å²) < 4.78 is 13.6. The number of amides is 3. The van der Waals surface area contributed by atoms with Crippen molar-refractivity contribution < 1.29 is 18.8 Å². The van der Waals surface area contributed by atoms with E-state index < -0.39 is 17.8 Å². The quantitative estimate of drug-likeness (QED) is 0.0666. The van der Waals surface area contributed by atoms with E-state index in [4.69, 9.17) is 11.5 Å². The Balaban J connectivity index is 1.28. The van der Waals surface area contributed by atoms with Crippen molar-refractivity contribution in [3.05, 3.63) is 149 Å². The van der Waals surface area contributed by atoms with Crippen molar-refractivity contribution in [2.75, 3.05) is 13.1 Å². The molecule has 5 aromatic rings. The number of fused-ring (bicyclic) bond motifs is 1. The van der Waals surface area contributed by atoms with Crippen molar-refractivity contribution in [2.45, 2.75) is 44.8 Å². The van der Waals surface area contributed by atoms with Crippen LogP contribution in [-0.4, -0.2) is 52.7 Å². The topological polar surface area (TPSA) is 156 Å². The van der Waals surface area contributed by atoms with E-state index >= 15 is 0 Å². The lowest BCUT2D eigenvalue weighted by atomic mass is 9.99. The first-order chi connectivity index (χ1) is 24.7. The van der Waals surface area contributed by atoms with E-state index in [2.05, 4.69) is 20.6 Å². The van der Waals surface area contributed by atoms with E-state index in [0.717, 1.165) is 27.6 Å². The van der Waals surface area contributed by atoms with Crippen molar-refractivity contribution in [1.29, 1.82) is 0 Å². The summed E-state index contributed by atoms with van der Waals surface area (Å²) in [7, 11) is 0. The molecule has 0 saturated carbocycles. The molecule has 51 heavy (non-hydrogen) atoms. The molecular formula is C40H42FN7O3. The van der Waals surface area contributed by atoms with Crippen molar-refractivity contribution >= 4 is 34.5 Å². The highest BCUT2D eigenvalue weighted by atomic mass is 19.1. The molecule has 0 saturated heterocycles. The number of nitrogens with two attached hydrogens (primary N) is 2. The molecule has 3 amide bonds. The van der Waals surface area contributed by atoms with Gasteiger partial charge in [-0.2, -0.15) is 0 Å². The third-order valence-corrected chi connectivity index (χ3v) is 8.55. The molecule has 4 aromatic carbocycles. The summed E-state index contributed by atoms with van der Waals surface area (Å²) in [4.78, 5) is 50.6. The van der Waals surface area contributed by atoms with Crippen molar-refractivity contribution in [3.8, 4) is 0 Å². The van der Waals surface area contributed by atoms with Gasteiger partial charge in [0.05, 0.1) is 6.04 Å². The van der Waals surface area contributed by atoms with E-state index in [1.54, 1.807) is 35.4 Å². The fourth-order valence-corrected chi connectivity index (χ4v) is 5.84. The van der Waals surface area contributed by atoms with Crippen molar-refractivity contribution in [3.63, 3.8) is 0 Å². The lowest BCUT2D eigenvalue weighted by molar-refractivity contribution is -0.123. The average Bonchev–Trinajstić information content (AvgIpc) is 3.14. The van der Waals surface area contributed by atoms with E-state index in [-0.39, 0.29) is 30.4 Å². The van der Waals surface area contributed by atoms with Crippen molar-refractivity contribution in [2.24, 2.45) is 16.5 Å². The zero-order chi connectivity index (χ0) is 36.2. The Morgan fingerprint density at radius 2 is 1.55 bits per heavy atom. The van der Waals surface area contributed by atoms with Crippen LogP contribution >= 0.6 is 0 Å². The third kappa shape index (κ3) is 10.2. The largest absolute Gasteiger partial charge is 0.370 e. The van der Waals surface area contributed by atoms with Crippen LogP contribution in [-0.2, 0) is 17.8 Å². The maximum absolute atomic E-state index is 13.6. The summed E-state index contributed by atoms with van der Waals surface area (Å²) in [5.74, 6) is -1.46. The molecule has 262 valence electrons. The molecule has 0 aliphatic rings. The van der Waals surface area contributed by atoms with Crippen LogP contribution in [0, 0.1) is 5.82 Å². The zero-order valence-electron chi connectivity index (χ0n) is 28.5. The number of nitrogens with zero attached hydrogens (tertiary/aromatic N) is 3. The molecule has 0 aliphatic carbocycles. The SMILES string of the molecule is C[C@H](NC(=O)[C@H](CCCN=C(N)N)NC(=O)c1ccc(CN(CCc2ccccn2)C(=O)c2ccc(F)cc2)cc1)c1cccc2ccccc12. The number of carbonyl (C=O) groups is 3. The lowest BCUT2D eigenvalue weighted by Crippen LogP contribution is -2.47. The first kappa shape index (κ1) is 36.2. The fraction of sp³-hybridized carbons (Fsp3) is 0.225. The van der Waals surface area contributed by atoms with Crippen LogP contribution in [0.2, 0.25) is 0 Å². The molecule has 10 nitrogen and oxygen atoms in total. The molecule has 0 unspecified atom stereocenters. The highest BCUT2D eigenvalue weighted by Gasteiger charge is 2.24. The molecule has 2 atom stereocenters. The predicted molar refractivity (Wildman–Crippen MR) is 197 cm³/mol. The van der Waals surface area contributed by atoms with Gasteiger partial charge >= 0.3 is 0 Å². The number of aliphatic imine (C=N–C) groups is 1. The maximum atomic E-state index is 13.6. The number of benzene rings is 4. The predicted octanol–water partition coefficient (Wildman–Crippen LogP) is 5.29. The van der Waals surface area contributed by atoms with Gasteiger partial charge in [-0.25, -0.2) is 4.39 Å². The molecule has 11 heteroatoms. The minimum Gasteiger partial charge on any atom is -0.370 e. The van der Waals surface area contributed by atoms with Gasteiger partial charge in [0.1, 0.15) is 11.9 Å². The van der Waals surface area contributed by atoms with Gasteiger partial charge in [-0.15, -0.1) is 0 Å².